The lowest BCUT2D eigenvalue weighted by atomic mass is 10.2. The van der Waals surface area contributed by atoms with Crippen LogP contribution in [0.3, 0.4) is 0 Å². The number of nitrogens with zero attached hydrogens (tertiary/aromatic N) is 1. The zero-order valence-electron chi connectivity index (χ0n) is 8.71. The Kier molecular flexibility index (Phi) is 2.87. The summed E-state index contributed by atoms with van der Waals surface area (Å²) in [6, 6.07) is 8.75. The lowest BCUT2D eigenvalue weighted by Crippen LogP contribution is -2.22. The van der Waals surface area contributed by atoms with Crippen LogP contribution < -0.4 is 11.1 Å². The molecule has 0 aliphatic rings. The van der Waals surface area contributed by atoms with Gasteiger partial charge in [-0.1, -0.05) is 6.07 Å². The maximum absolute atomic E-state index is 11.1. The molecular formula is C11H9N3O3. The zero-order chi connectivity index (χ0) is 12.3. The zero-order valence-corrected chi connectivity index (χ0v) is 8.71. The fourth-order valence-electron chi connectivity index (χ4n) is 1.39. The fraction of sp³-hybridized carbons (Fsp3) is 0. The normalized spacial score (nSPS) is 9.88. The van der Waals surface area contributed by atoms with Crippen LogP contribution in [0, 0.1) is 0 Å². The first-order chi connectivity index (χ1) is 8.15. The van der Waals surface area contributed by atoms with Crippen LogP contribution in [0.25, 0.3) is 10.9 Å². The van der Waals surface area contributed by atoms with E-state index in [1.54, 1.807) is 30.5 Å². The summed E-state index contributed by atoms with van der Waals surface area (Å²) in [5, 5.41) is 3.24. The third-order valence-electron chi connectivity index (χ3n) is 2.04. The number of anilines is 1. The van der Waals surface area contributed by atoms with Gasteiger partial charge in [0.25, 0.3) is 0 Å². The van der Waals surface area contributed by atoms with Crippen molar-refractivity contribution >= 4 is 28.8 Å². The van der Waals surface area contributed by atoms with Crippen LogP contribution in [0.5, 0.6) is 0 Å². The number of carbonyl (C=O) groups is 2. The Morgan fingerprint density at radius 1 is 1.29 bits per heavy atom. The Balaban J connectivity index is 2.19. The smallest absolute Gasteiger partial charge is 0.359 e. The van der Waals surface area contributed by atoms with E-state index in [0.29, 0.717) is 5.69 Å². The summed E-state index contributed by atoms with van der Waals surface area (Å²) >= 11 is 0. The highest BCUT2D eigenvalue weighted by molar-refractivity contribution is 5.94. The van der Waals surface area contributed by atoms with Gasteiger partial charge in [0.15, 0.2) is 0 Å². The van der Waals surface area contributed by atoms with Crippen molar-refractivity contribution in [2.24, 2.45) is 5.73 Å². The lowest BCUT2D eigenvalue weighted by molar-refractivity contribution is 0.167. The minimum absolute atomic E-state index is 0.497. The number of ether oxygens (including phenoxy) is 1. The maximum Gasteiger partial charge on any atom is 0.420 e. The van der Waals surface area contributed by atoms with Gasteiger partial charge < -0.3 is 10.5 Å². The molecule has 0 atom stereocenters. The molecule has 0 radical (unpaired) electrons. The van der Waals surface area contributed by atoms with Crippen LogP contribution in [0.2, 0.25) is 0 Å². The van der Waals surface area contributed by atoms with Crippen LogP contribution in [-0.2, 0) is 4.74 Å². The minimum Gasteiger partial charge on any atom is -0.359 e. The molecule has 86 valence electrons. The number of aromatic nitrogens is 1. The molecule has 0 aliphatic carbocycles. The molecule has 2 rings (SSSR count). The van der Waals surface area contributed by atoms with Crippen molar-refractivity contribution in [3.8, 4) is 0 Å². The van der Waals surface area contributed by atoms with E-state index in [1.165, 1.54) is 0 Å². The standard InChI is InChI=1S/C11H9N3O3/c12-10(15)17-11(16)14-8-3-4-9-7(6-8)2-1-5-13-9/h1-6H,(H2,12,15)(H,14,16). The average Bonchev–Trinajstić information content (AvgIpc) is 2.27. The summed E-state index contributed by atoms with van der Waals surface area (Å²) < 4.78 is 4.14. The Labute approximate surface area is 96.4 Å². The second kappa shape index (κ2) is 4.48. The number of amides is 2. The molecule has 0 unspecified atom stereocenters. The van der Waals surface area contributed by atoms with Gasteiger partial charge in [0.2, 0.25) is 0 Å². The molecule has 0 fully saturated rings. The molecule has 3 N–H and O–H groups in total. The first kappa shape index (κ1) is 10.9. The summed E-state index contributed by atoms with van der Waals surface area (Å²) in [5.41, 5.74) is 6.01. The van der Waals surface area contributed by atoms with Gasteiger partial charge in [-0.25, -0.2) is 9.59 Å². The van der Waals surface area contributed by atoms with Crippen LogP contribution in [-0.4, -0.2) is 17.2 Å². The molecule has 1 aromatic carbocycles. The molecule has 0 saturated carbocycles. The summed E-state index contributed by atoms with van der Waals surface area (Å²) in [5.74, 6) is 0. The van der Waals surface area contributed by atoms with Crippen LogP contribution >= 0.6 is 0 Å². The van der Waals surface area contributed by atoms with Crippen molar-refractivity contribution in [2.75, 3.05) is 5.32 Å². The molecule has 0 bridgehead atoms. The van der Waals surface area contributed by atoms with Crippen molar-refractivity contribution in [3.63, 3.8) is 0 Å². The minimum atomic E-state index is -1.15. The van der Waals surface area contributed by atoms with Gasteiger partial charge >= 0.3 is 12.2 Å². The molecule has 0 aliphatic heterocycles. The third-order valence-corrected chi connectivity index (χ3v) is 2.04. The number of hydrogen-bond donors (Lipinski definition) is 2. The van der Waals surface area contributed by atoms with Crippen molar-refractivity contribution in [3.05, 3.63) is 36.5 Å². The summed E-state index contributed by atoms with van der Waals surface area (Å²) in [7, 11) is 0. The van der Waals surface area contributed by atoms with Gasteiger partial charge in [-0.05, 0) is 24.3 Å². The fourth-order valence-corrected chi connectivity index (χ4v) is 1.39. The van der Waals surface area contributed by atoms with Gasteiger partial charge in [0.05, 0.1) is 5.52 Å². The molecule has 0 spiro atoms. The molecule has 6 nitrogen and oxygen atoms in total. The van der Waals surface area contributed by atoms with Crippen molar-refractivity contribution < 1.29 is 14.3 Å². The number of hydrogen-bond acceptors (Lipinski definition) is 4. The van der Waals surface area contributed by atoms with Crippen LogP contribution in [0.4, 0.5) is 15.3 Å². The highest BCUT2D eigenvalue weighted by Gasteiger charge is 2.06. The first-order valence-corrected chi connectivity index (χ1v) is 4.78. The van der Waals surface area contributed by atoms with Gasteiger partial charge in [-0.3, -0.25) is 10.3 Å². The third kappa shape index (κ3) is 2.69. The lowest BCUT2D eigenvalue weighted by Gasteiger charge is -2.04. The van der Waals surface area contributed by atoms with Crippen LogP contribution in [0.15, 0.2) is 36.5 Å². The number of fused-ring (bicyclic) bond motifs is 1. The summed E-state index contributed by atoms with van der Waals surface area (Å²) in [4.78, 5) is 25.6. The summed E-state index contributed by atoms with van der Waals surface area (Å²) in [6.45, 7) is 0. The number of pyridine rings is 1. The van der Waals surface area contributed by atoms with E-state index in [2.05, 4.69) is 15.0 Å². The molecule has 2 amide bonds. The quantitative estimate of drug-likeness (QED) is 0.732. The SMILES string of the molecule is NC(=O)OC(=O)Nc1ccc2ncccc2c1. The number of carbonyl (C=O) groups excluding carboxylic acids is 2. The van der Waals surface area contributed by atoms with Crippen molar-refractivity contribution in [1.82, 2.24) is 4.98 Å². The Morgan fingerprint density at radius 3 is 2.88 bits per heavy atom. The topological polar surface area (TPSA) is 94.3 Å². The monoisotopic (exact) mass is 231 g/mol. The van der Waals surface area contributed by atoms with E-state index in [4.69, 9.17) is 5.73 Å². The van der Waals surface area contributed by atoms with E-state index in [-0.39, 0.29) is 0 Å². The maximum atomic E-state index is 11.1. The predicted octanol–water partition coefficient (Wildman–Crippen LogP) is 1.86. The molecule has 1 heterocycles. The Morgan fingerprint density at radius 2 is 2.12 bits per heavy atom. The number of nitrogens with two attached hydrogens (primary N) is 1. The second-order valence-corrected chi connectivity index (χ2v) is 3.24. The summed E-state index contributed by atoms with van der Waals surface area (Å²) in [6.07, 6.45) is -0.387. The molecule has 6 heteroatoms. The van der Waals surface area contributed by atoms with Gasteiger partial charge in [-0.15, -0.1) is 0 Å². The Bertz CT molecular complexity index is 583. The van der Waals surface area contributed by atoms with E-state index < -0.39 is 12.2 Å². The largest absolute Gasteiger partial charge is 0.420 e. The molecule has 0 saturated heterocycles. The van der Waals surface area contributed by atoms with Gasteiger partial charge in [-0.2, -0.15) is 0 Å². The van der Waals surface area contributed by atoms with Crippen LogP contribution in [0.1, 0.15) is 0 Å². The molecule has 2 aromatic rings. The average molecular weight is 231 g/mol. The number of rotatable bonds is 1. The number of benzene rings is 1. The Hall–Kier alpha value is -2.63. The molecule has 1 aromatic heterocycles. The highest BCUT2D eigenvalue weighted by Crippen LogP contribution is 2.16. The molecular weight excluding hydrogens is 222 g/mol. The number of nitrogens with one attached hydrogen (secondary N) is 1. The second-order valence-electron chi connectivity index (χ2n) is 3.24. The van der Waals surface area contributed by atoms with E-state index in [1.807, 2.05) is 6.07 Å². The highest BCUT2D eigenvalue weighted by atomic mass is 16.6. The van der Waals surface area contributed by atoms with Crippen molar-refractivity contribution in [1.29, 1.82) is 0 Å². The predicted molar refractivity (Wildman–Crippen MR) is 61.4 cm³/mol. The van der Waals surface area contributed by atoms with E-state index >= 15 is 0 Å². The van der Waals surface area contributed by atoms with Gasteiger partial charge in [0, 0.05) is 17.3 Å². The van der Waals surface area contributed by atoms with E-state index in [0.717, 1.165) is 10.9 Å². The van der Waals surface area contributed by atoms with E-state index in [9.17, 15) is 9.59 Å². The van der Waals surface area contributed by atoms with Crippen molar-refractivity contribution in [2.45, 2.75) is 0 Å². The first-order valence-electron chi connectivity index (χ1n) is 4.78. The molecule has 17 heavy (non-hydrogen) atoms. The number of primary amides is 1. The van der Waals surface area contributed by atoms with Gasteiger partial charge in [0.1, 0.15) is 0 Å².